The topological polar surface area (TPSA) is 119 Å². The van der Waals surface area contributed by atoms with E-state index in [0.717, 1.165) is 0 Å². The van der Waals surface area contributed by atoms with Crippen LogP contribution in [-0.4, -0.2) is 49.0 Å². The second-order valence-electron chi connectivity index (χ2n) is 4.18. The van der Waals surface area contributed by atoms with Gasteiger partial charge in [0.1, 0.15) is 18.1 Å². The van der Waals surface area contributed by atoms with E-state index in [1.54, 1.807) is 10.9 Å². The minimum atomic E-state index is -0.383. The van der Waals surface area contributed by atoms with Crippen LogP contribution in [0.25, 0.3) is 11.2 Å². The lowest BCUT2D eigenvalue weighted by molar-refractivity contribution is -0.243. The monoisotopic (exact) mass is 251 g/mol. The van der Waals surface area contributed by atoms with Crippen molar-refractivity contribution in [3.63, 3.8) is 0 Å². The van der Waals surface area contributed by atoms with Crippen LogP contribution in [0.15, 0.2) is 12.7 Å². The highest BCUT2D eigenvalue weighted by atomic mass is 16.5. The van der Waals surface area contributed by atoms with Gasteiger partial charge in [-0.25, -0.2) is 15.0 Å². The van der Waals surface area contributed by atoms with Crippen LogP contribution in [0.1, 0.15) is 6.23 Å². The van der Waals surface area contributed by atoms with E-state index in [9.17, 15) is 5.11 Å². The van der Waals surface area contributed by atoms with Gasteiger partial charge in [0.05, 0.1) is 31.6 Å². The molecule has 8 heteroatoms. The number of rotatable bonds is 3. The molecule has 0 unspecified atom stereocenters. The van der Waals surface area contributed by atoms with Crippen molar-refractivity contribution >= 4 is 17.0 Å². The van der Waals surface area contributed by atoms with Gasteiger partial charge in [-0.15, -0.1) is 0 Å². The number of nitrogen functional groups attached to an aromatic ring is 1. The zero-order chi connectivity index (χ0) is 12.7. The smallest absolute Gasteiger partial charge is 0.167 e. The molecule has 2 aromatic rings. The Morgan fingerprint density at radius 1 is 1.28 bits per heavy atom. The van der Waals surface area contributed by atoms with E-state index in [-0.39, 0.29) is 31.5 Å². The molecule has 0 amide bonds. The standard InChI is InChI=1S/C10H13N5O3/c11-8-7-9(13-3-12-8)15(4-14-7)10-5(1-16)6(2-17)18-10/h3-6,10,16-17H,1-2H2,(H2,11,12,13)/t5-,6-,10-/m1/s1. The van der Waals surface area contributed by atoms with Gasteiger partial charge in [-0.1, -0.05) is 0 Å². The van der Waals surface area contributed by atoms with Gasteiger partial charge in [0.2, 0.25) is 0 Å². The van der Waals surface area contributed by atoms with Crippen LogP contribution in [0, 0.1) is 5.92 Å². The predicted octanol–water partition coefficient (Wildman–Crippen LogP) is -1.09. The molecule has 1 aliphatic rings. The number of nitrogens with zero attached hydrogens (tertiary/aromatic N) is 4. The molecular weight excluding hydrogens is 238 g/mol. The summed E-state index contributed by atoms with van der Waals surface area (Å²) in [6.45, 7) is -0.193. The lowest BCUT2D eigenvalue weighted by Crippen LogP contribution is -2.49. The maximum absolute atomic E-state index is 9.30. The summed E-state index contributed by atoms with van der Waals surface area (Å²) in [5, 5.41) is 18.4. The molecule has 18 heavy (non-hydrogen) atoms. The number of aliphatic hydroxyl groups excluding tert-OH is 2. The van der Waals surface area contributed by atoms with E-state index in [2.05, 4.69) is 15.0 Å². The average molecular weight is 251 g/mol. The van der Waals surface area contributed by atoms with Gasteiger partial charge in [0.15, 0.2) is 11.5 Å². The number of hydrogen-bond donors (Lipinski definition) is 3. The molecule has 1 fully saturated rings. The highest BCUT2D eigenvalue weighted by Gasteiger charge is 2.43. The number of hydrogen-bond acceptors (Lipinski definition) is 7. The average Bonchev–Trinajstić information content (AvgIpc) is 2.75. The molecule has 0 radical (unpaired) electrons. The fourth-order valence-corrected chi connectivity index (χ4v) is 2.19. The summed E-state index contributed by atoms with van der Waals surface area (Å²) in [5.41, 5.74) is 6.76. The first-order chi connectivity index (χ1) is 8.76. The summed E-state index contributed by atoms with van der Waals surface area (Å²) >= 11 is 0. The van der Waals surface area contributed by atoms with Crippen LogP contribution >= 0.6 is 0 Å². The molecule has 1 aliphatic heterocycles. The zero-order valence-corrected chi connectivity index (χ0v) is 9.47. The minimum absolute atomic E-state index is 0.0733. The number of anilines is 1. The molecule has 0 aromatic carbocycles. The van der Waals surface area contributed by atoms with Crippen molar-refractivity contribution in [1.82, 2.24) is 19.5 Å². The first-order valence-electron chi connectivity index (χ1n) is 5.56. The second kappa shape index (κ2) is 4.16. The summed E-state index contributed by atoms with van der Waals surface area (Å²) in [4.78, 5) is 12.1. The molecule has 0 saturated carbocycles. The Morgan fingerprint density at radius 2 is 2.11 bits per heavy atom. The van der Waals surface area contributed by atoms with Gasteiger partial charge < -0.3 is 20.7 Å². The number of ether oxygens (including phenoxy) is 1. The van der Waals surface area contributed by atoms with Gasteiger partial charge in [0, 0.05) is 0 Å². The van der Waals surface area contributed by atoms with Gasteiger partial charge in [-0.05, 0) is 0 Å². The summed E-state index contributed by atoms with van der Waals surface area (Å²) in [7, 11) is 0. The van der Waals surface area contributed by atoms with Crippen molar-refractivity contribution in [3.8, 4) is 0 Å². The first kappa shape index (κ1) is 11.3. The Labute approximate surface area is 102 Å². The maximum Gasteiger partial charge on any atom is 0.167 e. The van der Waals surface area contributed by atoms with Crippen molar-refractivity contribution in [2.45, 2.75) is 12.3 Å². The van der Waals surface area contributed by atoms with E-state index in [0.29, 0.717) is 17.0 Å². The largest absolute Gasteiger partial charge is 0.396 e. The van der Waals surface area contributed by atoms with Crippen LogP contribution in [0.2, 0.25) is 0 Å². The lowest BCUT2D eigenvalue weighted by atomic mass is 9.95. The molecular formula is C10H13N5O3. The SMILES string of the molecule is Nc1ncnc2c1ncn2[C@@H]1O[C@H](CO)[C@H]1CO. The summed E-state index contributed by atoms with van der Waals surface area (Å²) < 4.78 is 7.19. The molecule has 3 rings (SSSR count). The Balaban J connectivity index is 1.99. The molecule has 0 aliphatic carbocycles. The summed E-state index contributed by atoms with van der Waals surface area (Å²) in [5.74, 6) is 0.126. The molecule has 3 atom stereocenters. The van der Waals surface area contributed by atoms with Crippen LogP contribution in [0.3, 0.4) is 0 Å². The highest BCUT2D eigenvalue weighted by molar-refractivity contribution is 5.81. The quantitative estimate of drug-likeness (QED) is 0.633. The highest BCUT2D eigenvalue weighted by Crippen LogP contribution is 2.38. The third kappa shape index (κ3) is 1.47. The molecule has 3 heterocycles. The molecule has 4 N–H and O–H groups in total. The van der Waals surface area contributed by atoms with Crippen molar-refractivity contribution < 1.29 is 14.9 Å². The molecule has 0 spiro atoms. The van der Waals surface area contributed by atoms with Gasteiger partial charge in [-0.3, -0.25) is 4.57 Å². The van der Waals surface area contributed by atoms with E-state index in [1.807, 2.05) is 0 Å². The molecule has 2 aromatic heterocycles. The summed E-state index contributed by atoms with van der Waals surface area (Å²) in [6.07, 6.45) is 2.17. The zero-order valence-electron chi connectivity index (χ0n) is 9.47. The Morgan fingerprint density at radius 3 is 2.83 bits per heavy atom. The summed E-state index contributed by atoms with van der Waals surface area (Å²) in [6, 6.07) is 0. The molecule has 0 bridgehead atoms. The Bertz CT molecular complexity index is 572. The minimum Gasteiger partial charge on any atom is -0.396 e. The molecule has 1 saturated heterocycles. The van der Waals surface area contributed by atoms with Crippen LogP contribution in [-0.2, 0) is 4.74 Å². The Kier molecular flexibility index (Phi) is 2.62. The van der Waals surface area contributed by atoms with Gasteiger partial charge in [0.25, 0.3) is 0 Å². The molecule has 96 valence electrons. The predicted molar refractivity (Wildman–Crippen MR) is 61.3 cm³/mol. The Hall–Kier alpha value is -1.77. The number of imidazole rings is 1. The van der Waals surface area contributed by atoms with Gasteiger partial charge in [-0.2, -0.15) is 0 Å². The number of fused-ring (bicyclic) bond motifs is 1. The third-order valence-electron chi connectivity index (χ3n) is 3.21. The number of aliphatic hydroxyl groups is 2. The van der Waals surface area contributed by atoms with Gasteiger partial charge >= 0.3 is 0 Å². The van der Waals surface area contributed by atoms with E-state index >= 15 is 0 Å². The van der Waals surface area contributed by atoms with Crippen molar-refractivity contribution in [3.05, 3.63) is 12.7 Å². The van der Waals surface area contributed by atoms with Crippen LogP contribution < -0.4 is 5.73 Å². The number of nitrogens with two attached hydrogens (primary N) is 1. The molecule has 8 nitrogen and oxygen atoms in total. The van der Waals surface area contributed by atoms with Crippen molar-refractivity contribution in [2.24, 2.45) is 5.92 Å². The van der Waals surface area contributed by atoms with Crippen LogP contribution in [0.4, 0.5) is 5.82 Å². The van der Waals surface area contributed by atoms with Crippen molar-refractivity contribution in [2.75, 3.05) is 18.9 Å². The second-order valence-corrected chi connectivity index (χ2v) is 4.18. The van der Waals surface area contributed by atoms with Crippen LogP contribution in [0.5, 0.6) is 0 Å². The lowest BCUT2D eigenvalue weighted by Gasteiger charge is -2.43. The normalized spacial score (nSPS) is 27.3. The van der Waals surface area contributed by atoms with E-state index in [1.165, 1.54) is 6.33 Å². The van der Waals surface area contributed by atoms with E-state index in [4.69, 9.17) is 15.6 Å². The fourth-order valence-electron chi connectivity index (χ4n) is 2.19. The van der Waals surface area contributed by atoms with E-state index < -0.39 is 0 Å². The fraction of sp³-hybridized carbons (Fsp3) is 0.500. The number of aromatic nitrogens is 4. The third-order valence-corrected chi connectivity index (χ3v) is 3.21. The van der Waals surface area contributed by atoms with Crippen molar-refractivity contribution in [1.29, 1.82) is 0 Å². The first-order valence-corrected chi connectivity index (χ1v) is 5.56. The maximum atomic E-state index is 9.30.